The summed E-state index contributed by atoms with van der Waals surface area (Å²) in [6.45, 7) is 7.97. The molecule has 4 heteroatoms. The first kappa shape index (κ1) is 10.8. The van der Waals surface area contributed by atoms with Crippen LogP contribution in [-0.2, 0) is 0 Å². The van der Waals surface area contributed by atoms with Crippen molar-refractivity contribution in [3.63, 3.8) is 0 Å². The third-order valence-electron chi connectivity index (χ3n) is 4.10. The van der Waals surface area contributed by atoms with Gasteiger partial charge in [-0.1, -0.05) is 13.8 Å². The smallest absolute Gasteiger partial charge is 0.194 e. The zero-order valence-corrected chi connectivity index (χ0v) is 11.0. The van der Waals surface area contributed by atoms with E-state index in [4.69, 9.17) is 0 Å². The van der Waals surface area contributed by atoms with Crippen molar-refractivity contribution >= 4 is 17.7 Å². The Balaban J connectivity index is 1.60. The van der Waals surface area contributed by atoms with Gasteiger partial charge in [-0.2, -0.15) is 11.8 Å². The number of thioether (sulfide) groups is 1. The van der Waals surface area contributed by atoms with Crippen LogP contribution in [0.4, 0.5) is 0 Å². The summed E-state index contributed by atoms with van der Waals surface area (Å²) >= 11 is 2.13. The summed E-state index contributed by atoms with van der Waals surface area (Å²) in [5, 5.41) is 3.59. The number of nitrogens with zero attached hydrogens (tertiary/aromatic N) is 2. The van der Waals surface area contributed by atoms with Gasteiger partial charge < -0.3 is 10.2 Å². The Kier molecular flexibility index (Phi) is 2.78. The zero-order valence-electron chi connectivity index (χ0n) is 10.1. The summed E-state index contributed by atoms with van der Waals surface area (Å²) in [6.07, 6.45) is 0. The second-order valence-corrected chi connectivity index (χ2v) is 6.70. The van der Waals surface area contributed by atoms with Gasteiger partial charge in [0.1, 0.15) is 0 Å². The lowest BCUT2D eigenvalue weighted by Gasteiger charge is -2.22. The third-order valence-corrected chi connectivity index (χ3v) is 5.42. The van der Waals surface area contributed by atoms with Crippen molar-refractivity contribution < 1.29 is 0 Å². The van der Waals surface area contributed by atoms with E-state index in [1.54, 1.807) is 0 Å². The molecule has 0 radical (unpaired) electrons. The molecule has 16 heavy (non-hydrogen) atoms. The van der Waals surface area contributed by atoms with Crippen molar-refractivity contribution in [2.24, 2.45) is 22.7 Å². The molecule has 90 valence electrons. The molecule has 0 aliphatic carbocycles. The second kappa shape index (κ2) is 4.13. The molecule has 2 saturated heterocycles. The largest absolute Gasteiger partial charge is 0.351 e. The maximum Gasteiger partial charge on any atom is 0.194 e. The van der Waals surface area contributed by atoms with Crippen molar-refractivity contribution in [3.05, 3.63) is 0 Å². The Bertz CT molecular complexity index is 291. The highest BCUT2D eigenvalue weighted by molar-refractivity contribution is 7.99. The van der Waals surface area contributed by atoms with Crippen LogP contribution < -0.4 is 5.32 Å². The maximum atomic E-state index is 4.67. The molecule has 0 saturated carbocycles. The molecule has 3 aliphatic heterocycles. The topological polar surface area (TPSA) is 27.6 Å². The normalized spacial score (nSPS) is 37.8. The SMILES string of the molecule is CC(C)C1CN=C(N2C[C@H]3CSC[C@H]3C2)N1. The number of nitrogens with one attached hydrogen (secondary N) is 1. The van der Waals surface area contributed by atoms with Crippen LogP contribution in [0.15, 0.2) is 4.99 Å². The van der Waals surface area contributed by atoms with Gasteiger partial charge >= 0.3 is 0 Å². The van der Waals surface area contributed by atoms with E-state index in [0.29, 0.717) is 12.0 Å². The summed E-state index contributed by atoms with van der Waals surface area (Å²) in [5.41, 5.74) is 0. The fourth-order valence-corrected chi connectivity index (χ4v) is 4.37. The van der Waals surface area contributed by atoms with Crippen LogP contribution in [0.5, 0.6) is 0 Å². The molecule has 2 fully saturated rings. The molecule has 3 rings (SSSR count). The molecular formula is C12H21N3S. The Morgan fingerprint density at radius 1 is 1.31 bits per heavy atom. The number of likely N-dealkylation sites (tertiary alicyclic amines) is 1. The average molecular weight is 239 g/mol. The molecule has 0 spiro atoms. The summed E-state index contributed by atoms with van der Waals surface area (Å²) in [5.74, 6) is 6.43. The van der Waals surface area contributed by atoms with Crippen LogP contribution in [0.2, 0.25) is 0 Å². The van der Waals surface area contributed by atoms with Gasteiger partial charge in [0.15, 0.2) is 5.96 Å². The van der Waals surface area contributed by atoms with E-state index in [2.05, 4.69) is 40.8 Å². The lowest BCUT2D eigenvalue weighted by atomic mass is 10.0. The van der Waals surface area contributed by atoms with Crippen LogP contribution in [0.3, 0.4) is 0 Å². The molecule has 3 heterocycles. The van der Waals surface area contributed by atoms with Gasteiger partial charge in [0.25, 0.3) is 0 Å². The molecule has 3 aliphatic rings. The monoisotopic (exact) mass is 239 g/mol. The summed E-state index contributed by atoms with van der Waals surface area (Å²) in [4.78, 5) is 7.16. The van der Waals surface area contributed by atoms with E-state index < -0.39 is 0 Å². The Morgan fingerprint density at radius 3 is 2.56 bits per heavy atom. The Morgan fingerprint density at radius 2 is 2.00 bits per heavy atom. The van der Waals surface area contributed by atoms with Crippen LogP contribution in [0.1, 0.15) is 13.8 Å². The van der Waals surface area contributed by atoms with Gasteiger partial charge in [-0.25, -0.2) is 0 Å². The molecule has 0 amide bonds. The summed E-state index contributed by atoms with van der Waals surface area (Å²) < 4.78 is 0. The fraction of sp³-hybridized carbons (Fsp3) is 0.917. The van der Waals surface area contributed by atoms with E-state index in [0.717, 1.165) is 18.4 Å². The van der Waals surface area contributed by atoms with Crippen molar-refractivity contribution in [3.8, 4) is 0 Å². The zero-order chi connectivity index (χ0) is 11.1. The van der Waals surface area contributed by atoms with Crippen molar-refractivity contribution in [2.45, 2.75) is 19.9 Å². The minimum absolute atomic E-state index is 0.560. The first-order valence-corrected chi connectivity index (χ1v) is 7.53. The molecule has 0 aromatic carbocycles. The number of rotatable bonds is 1. The highest BCUT2D eigenvalue weighted by Crippen LogP contribution is 2.36. The summed E-state index contributed by atoms with van der Waals surface area (Å²) in [6, 6.07) is 0.560. The van der Waals surface area contributed by atoms with Gasteiger partial charge in [0.05, 0.1) is 12.6 Å². The van der Waals surface area contributed by atoms with Crippen molar-refractivity contribution in [2.75, 3.05) is 31.1 Å². The van der Waals surface area contributed by atoms with E-state index in [9.17, 15) is 0 Å². The van der Waals surface area contributed by atoms with Gasteiger partial charge in [-0.05, 0) is 29.3 Å². The van der Waals surface area contributed by atoms with E-state index in [1.807, 2.05) is 0 Å². The summed E-state index contributed by atoms with van der Waals surface area (Å²) in [7, 11) is 0. The Hall–Kier alpha value is -0.380. The van der Waals surface area contributed by atoms with Gasteiger partial charge in [-0.15, -0.1) is 0 Å². The minimum atomic E-state index is 0.560. The fourth-order valence-electron chi connectivity index (χ4n) is 2.87. The predicted molar refractivity (Wildman–Crippen MR) is 69.9 cm³/mol. The number of hydrogen-bond donors (Lipinski definition) is 1. The van der Waals surface area contributed by atoms with E-state index in [-0.39, 0.29) is 0 Å². The number of hydrogen-bond acceptors (Lipinski definition) is 4. The molecule has 1 unspecified atom stereocenters. The lowest BCUT2D eigenvalue weighted by Crippen LogP contribution is -2.43. The van der Waals surface area contributed by atoms with Crippen molar-refractivity contribution in [1.29, 1.82) is 0 Å². The number of guanidine groups is 1. The van der Waals surface area contributed by atoms with E-state index >= 15 is 0 Å². The van der Waals surface area contributed by atoms with Crippen molar-refractivity contribution in [1.82, 2.24) is 10.2 Å². The second-order valence-electron chi connectivity index (χ2n) is 5.62. The molecular weight excluding hydrogens is 218 g/mol. The standard InChI is InChI=1S/C12H21N3S/c1-8(2)11-3-13-12(14-11)15-4-9-6-16-7-10(9)5-15/h8-11H,3-7H2,1-2H3,(H,13,14)/t9-,10+,11?. The maximum absolute atomic E-state index is 4.67. The first-order chi connectivity index (χ1) is 7.74. The van der Waals surface area contributed by atoms with Crippen LogP contribution in [0, 0.1) is 17.8 Å². The number of fused-ring (bicyclic) bond motifs is 1. The number of aliphatic imine (C=N–C) groups is 1. The highest BCUT2D eigenvalue weighted by atomic mass is 32.2. The minimum Gasteiger partial charge on any atom is -0.351 e. The molecule has 0 aromatic heterocycles. The van der Waals surface area contributed by atoms with Gasteiger partial charge in [-0.3, -0.25) is 4.99 Å². The predicted octanol–water partition coefficient (Wildman–Crippen LogP) is 1.26. The average Bonchev–Trinajstić information content (AvgIpc) is 2.91. The molecule has 0 bridgehead atoms. The van der Waals surface area contributed by atoms with Crippen LogP contribution in [-0.4, -0.2) is 48.0 Å². The van der Waals surface area contributed by atoms with Crippen LogP contribution in [0.25, 0.3) is 0 Å². The van der Waals surface area contributed by atoms with Gasteiger partial charge in [0.2, 0.25) is 0 Å². The molecule has 3 nitrogen and oxygen atoms in total. The third kappa shape index (κ3) is 1.81. The molecule has 3 atom stereocenters. The molecule has 0 aromatic rings. The van der Waals surface area contributed by atoms with E-state index in [1.165, 1.54) is 30.6 Å². The Labute approximate surface area is 102 Å². The highest BCUT2D eigenvalue weighted by Gasteiger charge is 2.39. The first-order valence-electron chi connectivity index (χ1n) is 6.37. The van der Waals surface area contributed by atoms with Crippen LogP contribution >= 0.6 is 11.8 Å². The molecule has 1 N–H and O–H groups in total. The quantitative estimate of drug-likeness (QED) is 0.747. The lowest BCUT2D eigenvalue weighted by molar-refractivity contribution is 0.443. The van der Waals surface area contributed by atoms with Gasteiger partial charge in [0, 0.05) is 13.1 Å².